The lowest BCUT2D eigenvalue weighted by Gasteiger charge is -2.11. The number of nitrogens with zero attached hydrogens (tertiary/aromatic N) is 1. The second-order valence-electron chi connectivity index (χ2n) is 9.22. The summed E-state index contributed by atoms with van der Waals surface area (Å²) < 4.78 is 13.5. The van der Waals surface area contributed by atoms with Crippen LogP contribution in [0.1, 0.15) is 43.3 Å². The molecule has 0 spiro atoms. The third-order valence-corrected chi connectivity index (χ3v) is 6.57. The zero-order chi connectivity index (χ0) is 25.5. The van der Waals surface area contributed by atoms with Gasteiger partial charge >= 0.3 is 0 Å². The highest BCUT2D eigenvalue weighted by atomic mass is 16.3. The molecule has 0 bridgehead atoms. The minimum absolute atomic E-state index is 0.0960. The van der Waals surface area contributed by atoms with Crippen molar-refractivity contribution in [3.05, 3.63) is 125 Å². The quantitative estimate of drug-likeness (QED) is 0.253. The number of para-hydroxylation sites is 1. The van der Waals surface area contributed by atoms with Gasteiger partial charge in [0, 0.05) is 29.6 Å². The van der Waals surface area contributed by atoms with Gasteiger partial charge in [0.25, 0.3) is 5.91 Å². The van der Waals surface area contributed by atoms with Gasteiger partial charge in [-0.15, -0.1) is 0 Å². The Hall–Kier alpha value is -4.84. The summed E-state index contributed by atoms with van der Waals surface area (Å²) in [5.41, 5.74) is 6.50. The first-order valence-corrected chi connectivity index (χ1v) is 12.0. The lowest BCUT2D eigenvalue weighted by molar-refractivity contribution is 0.101. The first-order chi connectivity index (χ1) is 18.0. The maximum absolute atomic E-state index is 13.7. The number of carbonyl (C=O) groups excluding carboxylic acids is 2. The number of hydrogen-bond donors (Lipinski definition) is 1. The normalized spacial score (nSPS) is 11.3. The average Bonchev–Trinajstić information content (AvgIpc) is 3.60. The number of hydrogen-bond acceptors (Lipinski definition) is 4. The summed E-state index contributed by atoms with van der Waals surface area (Å²) >= 11 is 0. The molecule has 0 saturated carbocycles. The molecule has 0 radical (unpaired) electrons. The fourth-order valence-electron chi connectivity index (χ4n) is 4.55. The number of aromatic nitrogens is 1. The molecular weight excluding hydrogens is 464 g/mol. The molecule has 0 aliphatic heterocycles. The molecular formula is C31H24N2O4. The first kappa shape index (κ1) is 22.6. The molecule has 37 heavy (non-hydrogen) atoms. The van der Waals surface area contributed by atoms with Gasteiger partial charge in [0.05, 0.1) is 17.5 Å². The van der Waals surface area contributed by atoms with Crippen LogP contribution in [0.3, 0.4) is 0 Å². The van der Waals surface area contributed by atoms with Crippen molar-refractivity contribution in [2.24, 2.45) is 0 Å². The number of amides is 1. The van der Waals surface area contributed by atoms with Crippen LogP contribution in [-0.4, -0.2) is 16.3 Å². The van der Waals surface area contributed by atoms with Crippen LogP contribution in [0.15, 0.2) is 100 Å². The smallest absolute Gasteiger partial charge is 0.272 e. The van der Waals surface area contributed by atoms with Crippen LogP contribution in [0.2, 0.25) is 0 Å². The van der Waals surface area contributed by atoms with Crippen molar-refractivity contribution < 1.29 is 18.4 Å². The monoisotopic (exact) mass is 488 g/mol. The molecule has 0 fully saturated rings. The molecule has 182 valence electrons. The van der Waals surface area contributed by atoms with Crippen molar-refractivity contribution in [1.82, 2.24) is 4.57 Å². The number of fused-ring (bicyclic) bond motifs is 2. The zero-order valence-electron chi connectivity index (χ0n) is 20.4. The van der Waals surface area contributed by atoms with E-state index < -0.39 is 0 Å². The average molecular weight is 489 g/mol. The fraction of sp³-hybridized carbons (Fsp3) is 0.0968. The van der Waals surface area contributed by atoms with Gasteiger partial charge < -0.3 is 18.7 Å². The standard InChI is InChI=1S/C31H24N2O4/c1-19-7-11-21(12-8-19)18-33-24-15-16-36-27(24)17-25(33)31(35)32-28-23-5-3-4-6-26(23)37-30(28)29(34)22-13-9-20(2)10-14-22/h3-17H,18H2,1-2H3,(H,32,35). The Bertz CT molecular complexity index is 1770. The Morgan fingerprint density at radius 3 is 2.30 bits per heavy atom. The Balaban J connectivity index is 1.41. The predicted molar refractivity (Wildman–Crippen MR) is 143 cm³/mol. The molecule has 0 saturated heterocycles. The Morgan fingerprint density at radius 2 is 1.54 bits per heavy atom. The highest BCUT2D eigenvalue weighted by molar-refractivity contribution is 6.19. The van der Waals surface area contributed by atoms with Gasteiger partial charge in [-0.1, -0.05) is 71.8 Å². The molecule has 1 N–H and O–H groups in total. The van der Waals surface area contributed by atoms with E-state index in [1.807, 2.05) is 79.1 Å². The van der Waals surface area contributed by atoms with Gasteiger partial charge in [-0.3, -0.25) is 9.59 Å². The molecule has 3 aromatic carbocycles. The number of ketones is 1. The summed E-state index contributed by atoms with van der Waals surface area (Å²) in [7, 11) is 0. The van der Waals surface area contributed by atoms with E-state index in [1.54, 1.807) is 30.5 Å². The number of anilines is 1. The molecule has 3 heterocycles. The largest absolute Gasteiger partial charge is 0.463 e. The predicted octanol–water partition coefficient (Wildman–Crippen LogP) is 7.13. The van der Waals surface area contributed by atoms with Gasteiger partial charge in [0.15, 0.2) is 11.3 Å². The molecule has 6 aromatic rings. The van der Waals surface area contributed by atoms with Crippen molar-refractivity contribution in [3.63, 3.8) is 0 Å². The Morgan fingerprint density at radius 1 is 0.838 bits per heavy atom. The summed E-state index contributed by atoms with van der Waals surface area (Å²) in [4.78, 5) is 27.2. The number of furan rings is 2. The molecule has 0 aliphatic carbocycles. The van der Waals surface area contributed by atoms with E-state index in [1.165, 1.54) is 5.56 Å². The van der Waals surface area contributed by atoms with Crippen molar-refractivity contribution >= 4 is 39.4 Å². The Labute approximate surface area is 213 Å². The zero-order valence-corrected chi connectivity index (χ0v) is 20.4. The second-order valence-corrected chi connectivity index (χ2v) is 9.22. The number of nitrogens with one attached hydrogen (secondary N) is 1. The van der Waals surface area contributed by atoms with Crippen molar-refractivity contribution in [1.29, 1.82) is 0 Å². The van der Waals surface area contributed by atoms with E-state index in [2.05, 4.69) is 5.32 Å². The summed E-state index contributed by atoms with van der Waals surface area (Å²) in [6, 6.07) is 26.3. The number of aryl methyl sites for hydroxylation is 2. The molecule has 6 heteroatoms. The third kappa shape index (κ3) is 4.12. The molecule has 1 amide bonds. The summed E-state index contributed by atoms with van der Waals surface area (Å²) in [6.45, 7) is 4.49. The number of benzene rings is 3. The van der Waals surface area contributed by atoms with Gasteiger partial charge in [0.2, 0.25) is 5.78 Å². The van der Waals surface area contributed by atoms with Crippen molar-refractivity contribution in [2.45, 2.75) is 20.4 Å². The highest BCUT2D eigenvalue weighted by Crippen LogP contribution is 2.33. The number of carbonyl (C=O) groups is 2. The van der Waals surface area contributed by atoms with Crippen LogP contribution in [0.4, 0.5) is 5.69 Å². The lowest BCUT2D eigenvalue weighted by Crippen LogP contribution is -2.19. The van der Waals surface area contributed by atoms with E-state index in [0.717, 1.165) is 16.6 Å². The fourth-order valence-corrected chi connectivity index (χ4v) is 4.55. The van der Waals surface area contributed by atoms with Crippen LogP contribution in [-0.2, 0) is 6.54 Å². The molecule has 0 atom stereocenters. The lowest BCUT2D eigenvalue weighted by atomic mass is 10.1. The molecule has 0 aliphatic rings. The maximum Gasteiger partial charge on any atom is 0.272 e. The van der Waals surface area contributed by atoms with Crippen molar-refractivity contribution in [3.8, 4) is 0 Å². The summed E-state index contributed by atoms with van der Waals surface area (Å²) in [5, 5.41) is 3.64. The second kappa shape index (κ2) is 8.99. The van der Waals surface area contributed by atoms with Crippen LogP contribution in [0, 0.1) is 13.8 Å². The highest BCUT2D eigenvalue weighted by Gasteiger charge is 2.25. The van der Waals surface area contributed by atoms with Crippen LogP contribution in [0.5, 0.6) is 0 Å². The molecule has 0 unspecified atom stereocenters. The van der Waals surface area contributed by atoms with Gasteiger partial charge in [-0.2, -0.15) is 0 Å². The van der Waals surface area contributed by atoms with Crippen LogP contribution in [0.25, 0.3) is 22.1 Å². The molecule has 6 nitrogen and oxygen atoms in total. The van der Waals surface area contributed by atoms with Crippen molar-refractivity contribution in [2.75, 3.05) is 5.32 Å². The van der Waals surface area contributed by atoms with Gasteiger partial charge in [-0.05, 0) is 31.5 Å². The SMILES string of the molecule is Cc1ccc(Cn2c(C(=O)Nc3c(C(=O)c4ccc(C)cc4)oc4ccccc34)cc3occc32)cc1. The molecule has 3 aromatic heterocycles. The van der Waals surface area contributed by atoms with E-state index in [-0.39, 0.29) is 17.5 Å². The van der Waals surface area contributed by atoms with Crippen LogP contribution >= 0.6 is 0 Å². The van der Waals surface area contributed by atoms with E-state index in [4.69, 9.17) is 8.83 Å². The van der Waals surface area contributed by atoms with Gasteiger partial charge in [-0.25, -0.2) is 0 Å². The molecule has 6 rings (SSSR count). The minimum Gasteiger partial charge on any atom is -0.463 e. The van der Waals surface area contributed by atoms with Gasteiger partial charge in [0.1, 0.15) is 11.3 Å². The third-order valence-electron chi connectivity index (χ3n) is 6.57. The van der Waals surface area contributed by atoms with E-state index in [0.29, 0.717) is 40.0 Å². The summed E-state index contributed by atoms with van der Waals surface area (Å²) in [5.74, 6) is -0.558. The first-order valence-electron chi connectivity index (χ1n) is 12.0. The van der Waals surface area contributed by atoms with E-state index in [9.17, 15) is 9.59 Å². The topological polar surface area (TPSA) is 77.4 Å². The Kier molecular flexibility index (Phi) is 5.49. The maximum atomic E-state index is 13.7. The minimum atomic E-state index is -0.358. The summed E-state index contributed by atoms with van der Waals surface area (Å²) in [6.07, 6.45) is 1.61. The number of rotatable bonds is 6. The van der Waals surface area contributed by atoms with E-state index >= 15 is 0 Å². The van der Waals surface area contributed by atoms with Crippen LogP contribution < -0.4 is 5.32 Å².